The Morgan fingerprint density at radius 2 is 1.92 bits per heavy atom. The number of halogens is 5. The number of hydrogen-bond acceptors (Lipinski definition) is 5. The number of aliphatic carboxylic acids is 1. The topological polar surface area (TPSA) is 123 Å². The van der Waals surface area contributed by atoms with Crippen LogP contribution in [-0.4, -0.2) is 41.7 Å². The lowest BCUT2D eigenvalue weighted by Gasteiger charge is -2.29. The van der Waals surface area contributed by atoms with Gasteiger partial charge in [-0.1, -0.05) is 25.1 Å². The van der Waals surface area contributed by atoms with Crippen LogP contribution in [0.1, 0.15) is 37.3 Å². The Bertz CT molecular complexity index is 1260. The molecule has 1 heterocycles. The summed E-state index contributed by atoms with van der Waals surface area (Å²) in [4.78, 5) is 39.0. The molecule has 0 saturated heterocycles. The normalized spacial score (nSPS) is 17.1. The molecule has 3 N–H and O–H groups in total. The van der Waals surface area contributed by atoms with E-state index in [0.29, 0.717) is 5.69 Å². The Hall–Kier alpha value is -4.21. The Morgan fingerprint density at radius 3 is 2.53 bits per heavy atom. The van der Waals surface area contributed by atoms with Crippen LogP contribution in [0.15, 0.2) is 42.5 Å². The van der Waals surface area contributed by atoms with Crippen molar-refractivity contribution >= 4 is 34.8 Å². The SMILES string of the molecule is C[C@H](C(=O)O)[C@@H](CCC(F)(F)F)C(=O)N[C@H]1CN(c2cccc(C#N)c2)c2cccc(C(F)F)c2NC1=O. The fraction of sp³-hybridized carbons (Fsp3) is 0.360. The van der Waals surface area contributed by atoms with E-state index in [4.69, 9.17) is 0 Å². The fourth-order valence-corrected chi connectivity index (χ4v) is 4.15. The maximum absolute atomic E-state index is 13.8. The minimum atomic E-state index is -4.65. The van der Waals surface area contributed by atoms with Crippen molar-refractivity contribution in [1.29, 1.82) is 5.26 Å². The van der Waals surface area contributed by atoms with E-state index in [1.54, 1.807) is 6.07 Å². The molecule has 1 aliphatic heterocycles. The number of nitrogens with zero attached hydrogens (tertiary/aromatic N) is 2. The molecular formula is C25H23F5N4O4. The summed E-state index contributed by atoms with van der Waals surface area (Å²) in [5.41, 5.74) is -0.0675. The monoisotopic (exact) mass is 538 g/mol. The largest absolute Gasteiger partial charge is 0.481 e. The van der Waals surface area contributed by atoms with Gasteiger partial charge in [-0.05, 0) is 30.7 Å². The summed E-state index contributed by atoms with van der Waals surface area (Å²) >= 11 is 0. The highest BCUT2D eigenvalue weighted by Crippen LogP contribution is 2.40. The second-order valence-electron chi connectivity index (χ2n) is 8.75. The third-order valence-corrected chi connectivity index (χ3v) is 6.20. The first-order valence-corrected chi connectivity index (χ1v) is 11.4. The van der Waals surface area contributed by atoms with Gasteiger partial charge in [-0.3, -0.25) is 14.4 Å². The molecule has 13 heteroatoms. The van der Waals surface area contributed by atoms with Crippen LogP contribution in [-0.2, 0) is 14.4 Å². The minimum absolute atomic E-state index is 0.135. The van der Waals surface area contributed by atoms with Gasteiger partial charge in [0.05, 0.1) is 41.4 Å². The molecule has 0 bridgehead atoms. The molecule has 8 nitrogen and oxygen atoms in total. The smallest absolute Gasteiger partial charge is 0.389 e. The first kappa shape index (κ1) is 28.4. The molecule has 38 heavy (non-hydrogen) atoms. The molecule has 0 radical (unpaired) electrons. The number of hydrogen-bond donors (Lipinski definition) is 3. The lowest BCUT2D eigenvalue weighted by molar-refractivity contribution is -0.152. The number of fused-ring (bicyclic) bond motifs is 1. The van der Waals surface area contributed by atoms with Crippen molar-refractivity contribution in [3.63, 3.8) is 0 Å². The molecule has 0 saturated carbocycles. The van der Waals surface area contributed by atoms with E-state index in [2.05, 4.69) is 10.6 Å². The van der Waals surface area contributed by atoms with Crippen molar-refractivity contribution in [2.24, 2.45) is 11.8 Å². The van der Waals surface area contributed by atoms with Crippen molar-refractivity contribution in [2.45, 2.75) is 38.4 Å². The van der Waals surface area contributed by atoms with Crippen molar-refractivity contribution in [3.8, 4) is 6.07 Å². The number of carbonyl (C=O) groups excluding carboxylic acids is 2. The molecule has 2 aromatic rings. The number of nitrogens with one attached hydrogen (secondary N) is 2. The number of carboxylic acids is 1. The van der Waals surface area contributed by atoms with Gasteiger partial charge in [-0.25, -0.2) is 8.78 Å². The zero-order valence-corrected chi connectivity index (χ0v) is 19.9. The quantitative estimate of drug-likeness (QED) is 0.417. The first-order chi connectivity index (χ1) is 17.8. The second kappa shape index (κ2) is 11.5. The molecular weight excluding hydrogens is 515 g/mol. The van der Waals surface area contributed by atoms with Crippen LogP contribution in [0.2, 0.25) is 0 Å². The standard InChI is InChI=1S/C25H23F5N4O4/c1-13(24(37)38)16(8-9-25(28,29)30)22(35)32-18-12-34(15-5-2-4-14(10-15)11-31)19-7-3-6-17(21(26)27)20(19)33-23(18)36/h2-7,10,13,16,18,21H,8-9,12H2,1H3,(H,32,35)(H,33,36)(H,37,38)/t13-,16+,18-/m0/s1. The fourth-order valence-electron chi connectivity index (χ4n) is 4.15. The number of alkyl halides is 5. The van der Waals surface area contributed by atoms with Crippen molar-refractivity contribution < 1.29 is 41.4 Å². The van der Waals surface area contributed by atoms with Gasteiger partial charge in [-0.2, -0.15) is 18.4 Å². The predicted octanol–water partition coefficient (Wildman–Crippen LogP) is 4.75. The summed E-state index contributed by atoms with van der Waals surface area (Å²) < 4.78 is 66.1. The predicted molar refractivity (Wildman–Crippen MR) is 126 cm³/mol. The Labute approximate surface area is 214 Å². The molecule has 0 spiro atoms. The van der Waals surface area contributed by atoms with Crippen LogP contribution in [0, 0.1) is 23.2 Å². The van der Waals surface area contributed by atoms with Gasteiger partial charge in [0.2, 0.25) is 11.8 Å². The van der Waals surface area contributed by atoms with E-state index in [1.807, 2.05) is 6.07 Å². The molecule has 1 aliphatic rings. The van der Waals surface area contributed by atoms with Crippen molar-refractivity contribution in [1.82, 2.24) is 5.32 Å². The van der Waals surface area contributed by atoms with Gasteiger partial charge in [0.1, 0.15) is 6.04 Å². The maximum atomic E-state index is 13.8. The number of benzene rings is 2. The molecule has 3 atom stereocenters. The summed E-state index contributed by atoms with van der Waals surface area (Å²) in [5, 5.41) is 23.3. The first-order valence-electron chi connectivity index (χ1n) is 11.4. The zero-order chi connectivity index (χ0) is 28.2. The highest BCUT2D eigenvalue weighted by Gasteiger charge is 2.38. The number of anilines is 3. The molecule has 202 valence electrons. The van der Waals surface area contributed by atoms with E-state index in [1.165, 1.54) is 35.2 Å². The lowest BCUT2D eigenvalue weighted by atomic mass is 9.88. The van der Waals surface area contributed by atoms with Gasteiger partial charge in [-0.15, -0.1) is 0 Å². The van der Waals surface area contributed by atoms with Crippen molar-refractivity contribution in [3.05, 3.63) is 53.6 Å². The molecule has 0 aliphatic carbocycles. The second-order valence-corrected chi connectivity index (χ2v) is 8.75. The molecule has 0 fully saturated rings. The van der Waals surface area contributed by atoms with Gasteiger partial charge in [0.15, 0.2) is 0 Å². The molecule has 2 aromatic carbocycles. The van der Waals surface area contributed by atoms with Crippen LogP contribution in [0.5, 0.6) is 0 Å². The number of carboxylic acid groups (broad SMARTS) is 1. The van der Waals surface area contributed by atoms with E-state index in [-0.39, 0.29) is 23.5 Å². The maximum Gasteiger partial charge on any atom is 0.389 e. The third kappa shape index (κ3) is 6.56. The van der Waals surface area contributed by atoms with Gasteiger partial charge < -0.3 is 20.6 Å². The van der Waals surface area contributed by atoms with E-state index in [9.17, 15) is 46.7 Å². The molecule has 2 amide bonds. The van der Waals surface area contributed by atoms with E-state index in [0.717, 1.165) is 13.0 Å². The van der Waals surface area contributed by atoms with E-state index >= 15 is 0 Å². The highest BCUT2D eigenvalue weighted by molar-refractivity contribution is 6.03. The molecule has 0 aromatic heterocycles. The third-order valence-electron chi connectivity index (χ3n) is 6.20. The average molecular weight is 538 g/mol. The number of rotatable bonds is 8. The summed E-state index contributed by atoms with van der Waals surface area (Å²) in [7, 11) is 0. The van der Waals surface area contributed by atoms with E-state index < -0.39 is 66.7 Å². The van der Waals surface area contributed by atoms with Gasteiger partial charge in [0.25, 0.3) is 6.43 Å². The summed E-state index contributed by atoms with van der Waals surface area (Å²) in [6, 6.07) is 10.4. The number of amides is 2. The summed E-state index contributed by atoms with van der Waals surface area (Å²) in [6.45, 7) is 0.736. The Kier molecular flexibility index (Phi) is 8.55. The highest BCUT2D eigenvalue weighted by atomic mass is 19.4. The van der Waals surface area contributed by atoms with Crippen LogP contribution in [0.25, 0.3) is 0 Å². The molecule has 0 unspecified atom stereocenters. The Balaban J connectivity index is 2.01. The number of nitriles is 1. The van der Waals surface area contributed by atoms with Crippen LogP contribution in [0.4, 0.5) is 39.0 Å². The average Bonchev–Trinajstić information content (AvgIpc) is 2.99. The minimum Gasteiger partial charge on any atom is -0.481 e. The Morgan fingerprint density at radius 1 is 1.24 bits per heavy atom. The van der Waals surface area contributed by atoms with Crippen LogP contribution < -0.4 is 15.5 Å². The van der Waals surface area contributed by atoms with Crippen molar-refractivity contribution in [2.75, 3.05) is 16.8 Å². The molecule has 3 rings (SSSR count). The van der Waals surface area contributed by atoms with Crippen LogP contribution >= 0.6 is 0 Å². The zero-order valence-electron chi connectivity index (χ0n) is 19.9. The number of carbonyl (C=O) groups is 3. The lowest BCUT2D eigenvalue weighted by Crippen LogP contribution is -2.51. The summed E-state index contributed by atoms with van der Waals surface area (Å²) in [5.74, 6) is -6.65. The van der Waals surface area contributed by atoms with Gasteiger partial charge >= 0.3 is 12.1 Å². The van der Waals surface area contributed by atoms with Crippen LogP contribution in [0.3, 0.4) is 0 Å². The van der Waals surface area contributed by atoms with Gasteiger partial charge in [0, 0.05) is 17.7 Å². The number of para-hydroxylation sites is 1. The summed E-state index contributed by atoms with van der Waals surface area (Å²) in [6.07, 6.45) is -9.88.